The zero-order valence-corrected chi connectivity index (χ0v) is 13.8. The Hall–Kier alpha value is -2.41. The number of ether oxygens (including phenoxy) is 2. The number of hydrogen-bond donors (Lipinski definition) is 2. The standard InChI is InChI=1S/C17H22N2O5/c1-23-9-5-8-18-15(20)12-10-13(12)16(21)19-14-7-4-3-6-11(14)17(22)24-2/h3-4,6-7,12-13H,5,8-10H2,1-2H3,(H,18,20)(H,19,21). The van der Waals surface area contributed by atoms with Crippen LogP contribution in [0.3, 0.4) is 0 Å². The van der Waals surface area contributed by atoms with Gasteiger partial charge in [-0.05, 0) is 25.0 Å². The second-order valence-electron chi connectivity index (χ2n) is 5.61. The van der Waals surface area contributed by atoms with E-state index < -0.39 is 5.97 Å². The predicted octanol–water partition coefficient (Wildman–Crippen LogP) is 1.20. The molecule has 7 nitrogen and oxygen atoms in total. The molecule has 0 spiro atoms. The Bertz CT molecular complexity index is 617. The molecule has 1 aromatic carbocycles. The van der Waals surface area contributed by atoms with E-state index in [0.29, 0.717) is 25.3 Å². The second-order valence-corrected chi connectivity index (χ2v) is 5.61. The highest BCUT2D eigenvalue weighted by Gasteiger charge is 2.48. The molecular weight excluding hydrogens is 312 g/mol. The predicted molar refractivity (Wildman–Crippen MR) is 87.5 cm³/mol. The van der Waals surface area contributed by atoms with Gasteiger partial charge in [0.05, 0.1) is 30.2 Å². The molecule has 0 saturated heterocycles. The fourth-order valence-corrected chi connectivity index (χ4v) is 2.44. The van der Waals surface area contributed by atoms with Crippen LogP contribution in [0.1, 0.15) is 23.2 Å². The van der Waals surface area contributed by atoms with Crippen molar-refractivity contribution in [1.82, 2.24) is 5.32 Å². The molecule has 0 aliphatic heterocycles. The molecule has 1 aliphatic rings. The number of hydrogen-bond acceptors (Lipinski definition) is 5. The van der Waals surface area contributed by atoms with Crippen molar-refractivity contribution in [3.8, 4) is 0 Å². The summed E-state index contributed by atoms with van der Waals surface area (Å²) in [5, 5.41) is 5.50. The van der Waals surface area contributed by atoms with Crippen LogP contribution in [0.5, 0.6) is 0 Å². The van der Waals surface area contributed by atoms with Gasteiger partial charge in [0.2, 0.25) is 11.8 Å². The number of rotatable bonds is 8. The molecule has 130 valence electrons. The number of methoxy groups -OCH3 is 2. The van der Waals surface area contributed by atoms with Gasteiger partial charge in [0, 0.05) is 20.3 Å². The SMILES string of the molecule is COCCCNC(=O)C1CC1C(=O)Nc1ccccc1C(=O)OC. The number of carbonyl (C=O) groups is 3. The van der Waals surface area contributed by atoms with Crippen LogP contribution in [0.25, 0.3) is 0 Å². The molecule has 2 unspecified atom stereocenters. The zero-order valence-electron chi connectivity index (χ0n) is 13.8. The van der Waals surface area contributed by atoms with Crippen LogP contribution in [-0.4, -0.2) is 45.2 Å². The summed E-state index contributed by atoms with van der Waals surface area (Å²) in [5.74, 6) is -1.57. The van der Waals surface area contributed by atoms with E-state index in [1.807, 2.05) is 0 Å². The van der Waals surface area contributed by atoms with Crippen molar-refractivity contribution < 1.29 is 23.9 Å². The Morgan fingerprint density at radius 1 is 1.12 bits per heavy atom. The summed E-state index contributed by atoms with van der Waals surface area (Å²) < 4.78 is 9.61. The van der Waals surface area contributed by atoms with Crippen molar-refractivity contribution in [1.29, 1.82) is 0 Å². The average molecular weight is 334 g/mol. The summed E-state index contributed by atoms with van der Waals surface area (Å²) in [4.78, 5) is 35.9. The highest BCUT2D eigenvalue weighted by Crippen LogP contribution is 2.39. The molecule has 2 atom stereocenters. The first-order valence-corrected chi connectivity index (χ1v) is 7.83. The molecule has 2 amide bonds. The first-order chi connectivity index (χ1) is 11.6. The van der Waals surface area contributed by atoms with Crippen LogP contribution >= 0.6 is 0 Å². The number of amides is 2. The lowest BCUT2D eigenvalue weighted by atomic mass is 10.1. The topological polar surface area (TPSA) is 93.7 Å². The van der Waals surface area contributed by atoms with Crippen LogP contribution in [0.4, 0.5) is 5.69 Å². The van der Waals surface area contributed by atoms with Gasteiger partial charge in [0.15, 0.2) is 0 Å². The van der Waals surface area contributed by atoms with Gasteiger partial charge < -0.3 is 20.1 Å². The van der Waals surface area contributed by atoms with E-state index in [-0.39, 0.29) is 29.2 Å². The zero-order chi connectivity index (χ0) is 17.5. The summed E-state index contributed by atoms with van der Waals surface area (Å²) in [6, 6.07) is 6.62. The Kier molecular flexibility index (Phi) is 6.31. The highest BCUT2D eigenvalue weighted by molar-refractivity contribution is 6.04. The van der Waals surface area contributed by atoms with Gasteiger partial charge in [0.1, 0.15) is 0 Å². The van der Waals surface area contributed by atoms with Gasteiger partial charge in [-0.2, -0.15) is 0 Å². The largest absolute Gasteiger partial charge is 0.465 e. The Balaban J connectivity index is 1.87. The van der Waals surface area contributed by atoms with Crippen LogP contribution in [0, 0.1) is 11.8 Å². The summed E-state index contributed by atoms with van der Waals surface area (Å²) in [6.07, 6.45) is 1.25. The fraction of sp³-hybridized carbons (Fsp3) is 0.471. The summed E-state index contributed by atoms with van der Waals surface area (Å²) in [7, 11) is 2.89. The third kappa shape index (κ3) is 4.55. The van der Waals surface area contributed by atoms with Gasteiger partial charge in [-0.25, -0.2) is 4.79 Å². The summed E-state index contributed by atoms with van der Waals surface area (Å²) in [5.41, 5.74) is 0.676. The van der Waals surface area contributed by atoms with Gasteiger partial charge in [0.25, 0.3) is 0 Å². The molecule has 1 fully saturated rings. The van der Waals surface area contributed by atoms with Crippen LogP contribution < -0.4 is 10.6 Å². The monoisotopic (exact) mass is 334 g/mol. The van der Waals surface area contributed by atoms with Crippen molar-refractivity contribution in [3.63, 3.8) is 0 Å². The van der Waals surface area contributed by atoms with E-state index in [4.69, 9.17) is 9.47 Å². The van der Waals surface area contributed by atoms with Crippen molar-refractivity contribution in [2.75, 3.05) is 32.7 Å². The number of esters is 1. The molecule has 0 radical (unpaired) electrons. The average Bonchev–Trinajstić information content (AvgIpc) is 3.39. The lowest BCUT2D eigenvalue weighted by Gasteiger charge is -2.09. The maximum Gasteiger partial charge on any atom is 0.339 e. The molecule has 1 saturated carbocycles. The molecule has 0 aromatic heterocycles. The normalized spacial score (nSPS) is 18.6. The van der Waals surface area contributed by atoms with Crippen LogP contribution in [0.15, 0.2) is 24.3 Å². The van der Waals surface area contributed by atoms with Gasteiger partial charge in [-0.15, -0.1) is 0 Å². The Morgan fingerprint density at radius 3 is 2.54 bits per heavy atom. The molecular formula is C17H22N2O5. The van der Waals surface area contributed by atoms with Gasteiger partial charge in [-0.3, -0.25) is 9.59 Å². The van der Waals surface area contributed by atoms with Crippen molar-refractivity contribution >= 4 is 23.5 Å². The Morgan fingerprint density at radius 2 is 1.83 bits per heavy atom. The number of carbonyl (C=O) groups excluding carboxylic acids is 3. The molecule has 2 rings (SSSR count). The van der Waals surface area contributed by atoms with Crippen molar-refractivity contribution in [3.05, 3.63) is 29.8 Å². The second kappa shape index (κ2) is 8.44. The maximum absolute atomic E-state index is 12.3. The van der Waals surface area contributed by atoms with E-state index in [2.05, 4.69) is 10.6 Å². The molecule has 7 heteroatoms. The lowest BCUT2D eigenvalue weighted by molar-refractivity contribution is -0.125. The van der Waals surface area contributed by atoms with Gasteiger partial charge >= 0.3 is 5.97 Å². The minimum Gasteiger partial charge on any atom is -0.465 e. The molecule has 24 heavy (non-hydrogen) atoms. The number of para-hydroxylation sites is 1. The Labute approximate surface area is 140 Å². The van der Waals surface area contributed by atoms with E-state index in [1.54, 1.807) is 31.4 Å². The minimum atomic E-state index is -0.519. The summed E-state index contributed by atoms with van der Waals surface area (Å²) in [6.45, 7) is 1.11. The van der Waals surface area contributed by atoms with E-state index in [9.17, 15) is 14.4 Å². The van der Waals surface area contributed by atoms with E-state index in [0.717, 1.165) is 6.42 Å². The minimum absolute atomic E-state index is 0.118. The third-order valence-electron chi connectivity index (χ3n) is 3.88. The number of nitrogens with one attached hydrogen (secondary N) is 2. The van der Waals surface area contributed by atoms with Crippen LogP contribution in [-0.2, 0) is 19.1 Å². The molecule has 0 heterocycles. The molecule has 0 bridgehead atoms. The third-order valence-corrected chi connectivity index (χ3v) is 3.88. The molecule has 1 aliphatic carbocycles. The van der Waals surface area contributed by atoms with Crippen molar-refractivity contribution in [2.24, 2.45) is 11.8 Å². The number of anilines is 1. The van der Waals surface area contributed by atoms with Crippen LogP contribution in [0.2, 0.25) is 0 Å². The van der Waals surface area contributed by atoms with Crippen molar-refractivity contribution in [2.45, 2.75) is 12.8 Å². The molecule has 2 N–H and O–H groups in total. The maximum atomic E-state index is 12.3. The smallest absolute Gasteiger partial charge is 0.339 e. The quantitative estimate of drug-likeness (QED) is 0.550. The highest BCUT2D eigenvalue weighted by atomic mass is 16.5. The van der Waals surface area contributed by atoms with Gasteiger partial charge in [-0.1, -0.05) is 12.1 Å². The van der Waals surface area contributed by atoms with E-state index in [1.165, 1.54) is 7.11 Å². The molecule has 1 aromatic rings. The fourth-order valence-electron chi connectivity index (χ4n) is 2.44. The first kappa shape index (κ1) is 17.9. The van der Waals surface area contributed by atoms with E-state index >= 15 is 0 Å². The number of benzene rings is 1. The first-order valence-electron chi connectivity index (χ1n) is 7.83. The summed E-state index contributed by atoms with van der Waals surface area (Å²) >= 11 is 0. The lowest BCUT2D eigenvalue weighted by Crippen LogP contribution is -2.29.